The summed E-state index contributed by atoms with van der Waals surface area (Å²) in [6, 6.07) is 9.45. The Hall–Kier alpha value is -1.39. The number of carbonyl (C=O) groups is 1. The van der Waals surface area contributed by atoms with E-state index in [9.17, 15) is 4.79 Å². The van der Waals surface area contributed by atoms with Crippen LogP contribution in [0.25, 0.3) is 0 Å². The van der Waals surface area contributed by atoms with E-state index in [4.69, 9.17) is 0 Å². The highest BCUT2D eigenvalue weighted by atomic mass is 16.2. The molecule has 2 aliphatic rings. The second-order valence-corrected chi connectivity index (χ2v) is 6.61. The minimum Gasteiger partial charge on any atom is -0.309 e. The van der Waals surface area contributed by atoms with Gasteiger partial charge in [0.15, 0.2) is 0 Å². The number of fused-ring (bicyclic) bond motifs is 1. The van der Waals surface area contributed by atoms with Gasteiger partial charge in [0.1, 0.15) is 0 Å². The van der Waals surface area contributed by atoms with Crippen LogP contribution in [0.15, 0.2) is 24.3 Å². The average Bonchev–Trinajstić information content (AvgIpc) is 2.73. The van der Waals surface area contributed by atoms with Gasteiger partial charge in [0.25, 0.3) is 0 Å². The SMILES string of the molecule is CC1CN(CC(=O)N2c3ccccc3CC2C)CC(C)N1. The van der Waals surface area contributed by atoms with Crippen LogP contribution >= 0.6 is 0 Å². The maximum absolute atomic E-state index is 12.8. The van der Waals surface area contributed by atoms with Crippen molar-refractivity contribution in [3.8, 4) is 0 Å². The van der Waals surface area contributed by atoms with Crippen LogP contribution in [0, 0.1) is 0 Å². The summed E-state index contributed by atoms with van der Waals surface area (Å²) in [5.41, 5.74) is 2.40. The van der Waals surface area contributed by atoms with Crippen molar-refractivity contribution in [3.05, 3.63) is 29.8 Å². The van der Waals surface area contributed by atoms with Crippen molar-refractivity contribution in [2.24, 2.45) is 0 Å². The first-order chi connectivity index (χ1) is 10.0. The predicted molar refractivity (Wildman–Crippen MR) is 85.6 cm³/mol. The van der Waals surface area contributed by atoms with Gasteiger partial charge in [-0.1, -0.05) is 18.2 Å². The van der Waals surface area contributed by atoms with Gasteiger partial charge >= 0.3 is 0 Å². The number of nitrogens with zero attached hydrogens (tertiary/aromatic N) is 2. The third-order valence-electron chi connectivity index (χ3n) is 4.47. The van der Waals surface area contributed by atoms with E-state index in [0.717, 1.165) is 25.2 Å². The molecule has 4 nitrogen and oxygen atoms in total. The van der Waals surface area contributed by atoms with Gasteiger partial charge in [0, 0.05) is 36.9 Å². The predicted octanol–water partition coefficient (Wildman–Crippen LogP) is 1.65. The molecule has 1 amide bonds. The molecule has 2 aliphatic heterocycles. The third kappa shape index (κ3) is 2.97. The monoisotopic (exact) mass is 287 g/mol. The molecule has 1 aromatic rings. The van der Waals surface area contributed by atoms with Gasteiger partial charge in [0.05, 0.1) is 6.54 Å². The van der Waals surface area contributed by atoms with Crippen LogP contribution in [0.5, 0.6) is 0 Å². The number of para-hydroxylation sites is 1. The van der Waals surface area contributed by atoms with Gasteiger partial charge < -0.3 is 10.2 Å². The summed E-state index contributed by atoms with van der Waals surface area (Å²) < 4.78 is 0. The lowest BCUT2D eigenvalue weighted by atomic mass is 10.1. The van der Waals surface area contributed by atoms with Gasteiger partial charge in [-0.3, -0.25) is 9.69 Å². The topological polar surface area (TPSA) is 35.6 Å². The lowest BCUT2D eigenvalue weighted by Crippen LogP contribution is -2.56. The highest BCUT2D eigenvalue weighted by molar-refractivity contribution is 5.97. The fraction of sp³-hybridized carbons (Fsp3) is 0.588. The molecule has 21 heavy (non-hydrogen) atoms. The standard InChI is InChI=1S/C17H25N3O/c1-12-9-19(10-13(2)18-12)11-17(21)20-14(3)8-15-6-4-5-7-16(15)20/h4-7,12-14,18H,8-11H2,1-3H3. The third-order valence-corrected chi connectivity index (χ3v) is 4.47. The maximum Gasteiger partial charge on any atom is 0.241 e. The highest BCUT2D eigenvalue weighted by Crippen LogP contribution is 2.31. The normalized spacial score (nSPS) is 29.5. The van der Waals surface area contributed by atoms with E-state index >= 15 is 0 Å². The number of hydrogen-bond acceptors (Lipinski definition) is 3. The zero-order valence-corrected chi connectivity index (χ0v) is 13.2. The zero-order valence-electron chi connectivity index (χ0n) is 13.2. The van der Waals surface area contributed by atoms with Crippen molar-refractivity contribution in [2.75, 3.05) is 24.5 Å². The molecule has 0 spiro atoms. The molecule has 0 aliphatic carbocycles. The largest absolute Gasteiger partial charge is 0.309 e. The second-order valence-electron chi connectivity index (χ2n) is 6.61. The molecule has 3 rings (SSSR count). The van der Waals surface area contributed by atoms with Gasteiger partial charge in [-0.05, 0) is 38.8 Å². The minimum absolute atomic E-state index is 0.230. The molecule has 1 N–H and O–H groups in total. The van der Waals surface area contributed by atoms with E-state index < -0.39 is 0 Å². The van der Waals surface area contributed by atoms with E-state index in [-0.39, 0.29) is 11.9 Å². The zero-order chi connectivity index (χ0) is 15.0. The molecule has 3 unspecified atom stereocenters. The number of nitrogens with one attached hydrogen (secondary N) is 1. The maximum atomic E-state index is 12.8. The number of anilines is 1. The second kappa shape index (κ2) is 5.78. The summed E-state index contributed by atoms with van der Waals surface area (Å²) in [4.78, 5) is 17.0. The van der Waals surface area contributed by atoms with Crippen molar-refractivity contribution < 1.29 is 4.79 Å². The van der Waals surface area contributed by atoms with E-state index in [1.165, 1.54) is 5.56 Å². The first-order valence-electron chi connectivity index (χ1n) is 7.93. The van der Waals surface area contributed by atoms with Crippen molar-refractivity contribution in [1.82, 2.24) is 10.2 Å². The van der Waals surface area contributed by atoms with Gasteiger partial charge in [-0.2, -0.15) is 0 Å². The Morgan fingerprint density at radius 2 is 1.86 bits per heavy atom. The Kier molecular flexibility index (Phi) is 4.00. The smallest absolute Gasteiger partial charge is 0.241 e. The van der Waals surface area contributed by atoms with Crippen molar-refractivity contribution in [3.63, 3.8) is 0 Å². The molecule has 1 aromatic carbocycles. The van der Waals surface area contributed by atoms with E-state index in [2.05, 4.69) is 49.2 Å². The molecule has 0 radical (unpaired) electrons. The summed E-state index contributed by atoms with van der Waals surface area (Å²) in [6.45, 7) is 8.91. The molecule has 114 valence electrons. The van der Waals surface area contributed by atoms with Crippen molar-refractivity contribution in [2.45, 2.75) is 45.3 Å². The summed E-state index contributed by atoms with van der Waals surface area (Å²) in [5, 5.41) is 3.51. The first kappa shape index (κ1) is 14.5. The Balaban J connectivity index is 1.71. The highest BCUT2D eigenvalue weighted by Gasteiger charge is 2.32. The average molecular weight is 287 g/mol. The van der Waals surface area contributed by atoms with Crippen LogP contribution in [0.1, 0.15) is 26.3 Å². The lowest BCUT2D eigenvalue weighted by molar-refractivity contribution is -0.120. The number of piperazine rings is 1. The van der Waals surface area contributed by atoms with Crippen LogP contribution in [-0.4, -0.2) is 48.6 Å². The molecule has 1 fully saturated rings. The summed E-state index contributed by atoms with van der Waals surface area (Å²) in [5.74, 6) is 0.230. The molecular weight excluding hydrogens is 262 g/mol. The van der Waals surface area contributed by atoms with Crippen LogP contribution < -0.4 is 10.2 Å². The fourth-order valence-corrected chi connectivity index (χ4v) is 3.78. The molecule has 0 saturated carbocycles. The number of amides is 1. The van der Waals surface area contributed by atoms with Gasteiger partial charge in [0.2, 0.25) is 5.91 Å². The Morgan fingerprint density at radius 3 is 2.57 bits per heavy atom. The number of carbonyl (C=O) groups excluding carboxylic acids is 1. The quantitative estimate of drug-likeness (QED) is 0.898. The van der Waals surface area contributed by atoms with E-state index in [1.54, 1.807) is 0 Å². The van der Waals surface area contributed by atoms with Crippen molar-refractivity contribution >= 4 is 11.6 Å². The number of benzene rings is 1. The Bertz CT molecular complexity index is 521. The summed E-state index contributed by atoms with van der Waals surface area (Å²) >= 11 is 0. The molecule has 1 saturated heterocycles. The van der Waals surface area contributed by atoms with Crippen LogP contribution in [0.4, 0.5) is 5.69 Å². The molecule has 2 heterocycles. The Labute approximate surface area is 127 Å². The minimum atomic E-state index is 0.230. The van der Waals surface area contributed by atoms with Crippen LogP contribution in [-0.2, 0) is 11.2 Å². The summed E-state index contributed by atoms with van der Waals surface area (Å²) in [7, 11) is 0. The molecule has 0 aromatic heterocycles. The Morgan fingerprint density at radius 1 is 1.19 bits per heavy atom. The number of hydrogen-bond donors (Lipinski definition) is 1. The lowest BCUT2D eigenvalue weighted by Gasteiger charge is -2.36. The molecule has 0 bridgehead atoms. The first-order valence-corrected chi connectivity index (χ1v) is 7.93. The van der Waals surface area contributed by atoms with Gasteiger partial charge in [-0.15, -0.1) is 0 Å². The summed E-state index contributed by atoms with van der Waals surface area (Å²) in [6.07, 6.45) is 0.969. The molecule has 3 atom stereocenters. The molecule has 4 heteroatoms. The van der Waals surface area contributed by atoms with E-state index in [1.807, 2.05) is 11.0 Å². The fourth-order valence-electron chi connectivity index (χ4n) is 3.78. The number of rotatable bonds is 2. The van der Waals surface area contributed by atoms with Crippen LogP contribution in [0.3, 0.4) is 0 Å². The molecular formula is C17H25N3O. The van der Waals surface area contributed by atoms with Gasteiger partial charge in [-0.25, -0.2) is 0 Å². The van der Waals surface area contributed by atoms with E-state index in [0.29, 0.717) is 18.6 Å². The van der Waals surface area contributed by atoms with Crippen LogP contribution in [0.2, 0.25) is 0 Å². The van der Waals surface area contributed by atoms with Crippen molar-refractivity contribution in [1.29, 1.82) is 0 Å².